The molecule has 0 bridgehead atoms. The van der Waals surface area contributed by atoms with E-state index >= 15 is 0 Å². The molecular weight excluding hydrogens is 372 g/mol. The van der Waals surface area contributed by atoms with Crippen molar-refractivity contribution < 1.29 is 27.5 Å². The molecule has 144 valence electrons. The molecule has 2 N–H and O–H groups in total. The van der Waals surface area contributed by atoms with Gasteiger partial charge in [-0.05, 0) is 42.0 Å². The quantitative estimate of drug-likeness (QED) is 0.697. The van der Waals surface area contributed by atoms with Crippen LogP contribution in [0.3, 0.4) is 0 Å². The fraction of sp³-hybridized carbons (Fsp3) is 0.222. The minimum atomic E-state index is -3.77. The molecule has 8 nitrogen and oxygen atoms in total. The van der Waals surface area contributed by atoms with E-state index in [1.165, 1.54) is 51.5 Å². The number of ether oxygens (including phenoxy) is 2. The molecule has 0 aliphatic heterocycles. The van der Waals surface area contributed by atoms with Crippen molar-refractivity contribution in [3.63, 3.8) is 0 Å². The minimum absolute atomic E-state index is 0.0240. The van der Waals surface area contributed by atoms with E-state index in [-0.39, 0.29) is 22.9 Å². The molecule has 2 aromatic rings. The maximum atomic E-state index is 12.4. The van der Waals surface area contributed by atoms with Crippen molar-refractivity contribution in [3.05, 3.63) is 53.6 Å². The summed E-state index contributed by atoms with van der Waals surface area (Å²) < 4.78 is 37.1. The Morgan fingerprint density at radius 1 is 1.04 bits per heavy atom. The van der Waals surface area contributed by atoms with Crippen LogP contribution >= 0.6 is 0 Å². The van der Waals surface area contributed by atoms with Crippen LogP contribution in [0.15, 0.2) is 47.4 Å². The molecule has 0 saturated heterocycles. The van der Waals surface area contributed by atoms with Crippen LogP contribution in [0.5, 0.6) is 5.75 Å². The van der Waals surface area contributed by atoms with Crippen LogP contribution in [-0.2, 0) is 26.1 Å². The SMILES string of the molecule is COC(=O)c1cc(CNS(=O)(=O)c2ccc(NC(C)=O)cc2)ccc1OC. The molecule has 9 heteroatoms. The Bertz CT molecular complexity index is 939. The molecule has 2 aromatic carbocycles. The first kappa shape index (κ1) is 20.4. The number of amides is 1. The normalized spacial score (nSPS) is 10.9. The summed E-state index contributed by atoms with van der Waals surface area (Å²) in [5.74, 6) is -0.489. The molecule has 1 amide bonds. The monoisotopic (exact) mass is 392 g/mol. The van der Waals surface area contributed by atoms with E-state index in [0.717, 1.165) is 0 Å². The van der Waals surface area contributed by atoms with Gasteiger partial charge in [-0.25, -0.2) is 17.9 Å². The van der Waals surface area contributed by atoms with Gasteiger partial charge in [0.25, 0.3) is 0 Å². The van der Waals surface area contributed by atoms with Gasteiger partial charge in [-0.1, -0.05) is 6.07 Å². The molecule has 0 saturated carbocycles. The minimum Gasteiger partial charge on any atom is -0.496 e. The number of carbonyl (C=O) groups excluding carboxylic acids is 2. The molecule has 0 aliphatic rings. The number of benzene rings is 2. The Hall–Kier alpha value is -2.91. The van der Waals surface area contributed by atoms with Crippen molar-refractivity contribution in [2.24, 2.45) is 0 Å². The van der Waals surface area contributed by atoms with Crippen molar-refractivity contribution in [1.82, 2.24) is 4.72 Å². The topological polar surface area (TPSA) is 111 Å². The summed E-state index contributed by atoms with van der Waals surface area (Å²) in [5.41, 5.74) is 1.27. The second kappa shape index (κ2) is 8.65. The second-order valence-electron chi connectivity index (χ2n) is 5.56. The third-order valence-electron chi connectivity index (χ3n) is 3.62. The highest BCUT2D eigenvalue weighted by atomic mass is 32.2. The first-order chi connectivity index (χ1) is 12.8. The highest BCUT2D eigenvalue weighted by Crippen LogP contribution is 2.21. The Labute approximate surface area is 157 Å². The van der Waals surface area contributed by atoms with Crippen LogP contribution in [0.4, 0.5) is 5.69 Å². The van der Waals surface area contributed by atoms with Crippen molar-refractivity contribution in [2.75, 3.05) is 19.5 Å². The maximum absolute atomic E-state index is 12.4. The molecule has 0 aliphatic carbocycles. The summed E-state index contributed by atoms with van der Waals surface area (Å²) in [6, 6.07) is 10.5. The number of sulfonamides is 1. The van der Waals surface area contributed by atoms with Crippen LogP contribution in [0, 0.1) is 0 Å². The molecule has 0 spiro atoms. The highest BCUT2D eigenvalue weighted by molar-refractivity contribution is 7.89. The van der Waals surface area contributed by atoms with Gasteiger partial charge in [-0.15, -0.1) is 0 Å². The zero-order chi connectivity index (χ0) is 20.0. The summed E-state index contributed by atoms with van der Waals surface area (Å²) >= 11 is 0. The van der Waals surface area contributed by atoms with E-state index in [4.69, 9.17) is 9.47 Å². The predicted octanol–water partition coefficient (Wildman–Crippen LogP) is 1.92. The number of carbonyl (C=O) groups is 2. The van der Waals surface area contributed by atoms with Crippen molar-refractivity contribution in [2.45, 2.75) is 18.4 Å². The Morgan fingerprint density at radius 2 is 1.70 bits per heavy atom. The van der Waals surface area contributed by atoms with E-state index in [9.17, 15) is 18.0 Å². The van der Waals surface area contributed by atoms with Crippen LogP contribution in [0.2, 0.25) is 0 Å². The van der Waals surface area contributed by atoms with Gasteiger partial charge in [0.15, 0.2) is 0 Å². The van der Waals surface area contributed by atoms with E-state index in [0.29, 0.717) is 17.0 Å². The maximum Gasteiger partial charge on any atom is 0.341 e. The van der Waals surface area contributed by atoms with E-state index in [2.05, 4.69) is 10.0 Å². The average molecular weight is 392 g/mol. The first-order valence-electron chi connectivity index (χ1n) is 7.89. The molecule has 0 atom stereocenters. The number of hydrogen-bond acceptors (Lipinski definition) is 6. The van der Waals surface area contributed by atoms with E-state index < -0.39 is 16.0 Å². The third-order valence-corrected chi connectivity index (χ3v) is 5.04. The molecule has 0 unspecified atom stereocenters. The van der Waals surface area contributed by atoms with Gasteiger partial charge < -0.3 is 14.8 Å². The van der Waals surface area contributed by atoms with Crippen molar-refractivity contribution in [1.29, 1.82) is 0 Å². The lowest BCUT2D eigenvalue weighted by molar-refractivity contribution is -0.114. The number of methoxy groups -OCH3 is 2. The zero-order valence-electron chi connectivity index (χ0n) is 15.1. The number of anilines is 1. The Kier molecular flexibility index (Phi) is 6.54. The van der Waals surface area contributed by atoms with Crippen LogP contribution in [0.25, 0.3) is 0 Å². The van der Waals surface area contributed by atoms with Gasteiger partial charge in [0, 0.05) is 19.2 Å². The number of hydrogen-bond donors (Lipinski definition) is 2. The first-order valence-corrected chi connectivity index (χ1v) is 9.37. The summed E-state index contributed by atoms with van der Waals surface area (Å²) in [5, 5.41) is 2.56. The lowest BCUT2D eigenvalue weighted by atomic mass is 10.1. The third kappa shape index (κ3) is 5.28. The Balaban J connectivity index is 2.15. The van der Waals surface area contributed by atoms with Crippen molar-refractivity contribution >= 4 is 27.6 Å². The van der Waals surface area contributed by atoms with Gasteiger partial charge in [0.2, 0.25) is 15.9 Å². The second-order valence-corrected chi connectivity index (χ2v) is 7.32. The number of rotatable bonds is 7. The number of esters is 1. The molecule has 27 heavy (non-hydrogen) atoms. The van der Waals surface area contributed by atoms with Crippen LogP contribution in [-0.4, -0.2) is 34.5 Å². The lowest BCUT2D eigenvalue weighted by Gasteiger charge is -2.11. The van der Waals surface area contributed by atoms with Gasteiger partial charge in [-0.3, -0.25) is 4.79 Å². The number of nitrogens with one attached hydrogen (secondary N) is 2. The smallest absolute Gasteiger partial charge is 0.341 e. The van der Waals surface area contributed by atoms with E-state index in [1.54, 1.807) is 12.1 Å². The average Bonchev–Trinajstić information content (AvgIpc) is 2.65. The highest BCUT2D eigenvalue weighted by Gasteiger charge is 2.16. The fourth-order valence-corrected chi connectivity index (χ4v) is 3.33. The molecule has 0 radical (unpaired) electrons. The summed E-state index contributed by atoms with van der Waals surface area (Å²) in [6.45, 7) is 1.34. The predicted molar refractivity (Wildman–Crippen MR) is 99.1 cm³/mol. The van der Waals surface area contributed by atoms with Gasteiger partial charge in [-0.2, -0.15) is 0 Å². The van der Waals surface area contributed by atoms with Crippen LogP contribution < -0.4 is 14.8 Å². The molecule has 0 fully saturated rings. The van der Waals surface area contributed by atoms with Crippen LogP contribution in [0.1, 0.15) is 22.8 Å². The zero-order valence-corrected chi connectivity index (χ0v) is 15.9. The summed E-state index contributed by atoms with van der Waals surface area (Å²) in [4.78, 5) is 22.9. The van der Waals surface area contributed by atoms with Gasteiger partial charge in [0.05, 0.1) is 19.1 Å². The largest absolute Gasteiger partial charge is 0.496 e. The summed E-state index contributed by atoms with van der Waals surface area (Å²) in [6.07, 6.45) is 0. The molecule has 0 heterocycles. The fourth-order valence-electron chi connectivity index (χ4n) is 2.32. The lowest BCUT2D eigenvalue weighted by Crippen LogP contribution is -2.23. The summed E-state index contributed by atoms with van der Waals surface area (Å²) in [7, 11) is -1.09. The molecule has 2 rings (SSSR count). The standard InChI is InChI=1S/C18H20N2O6S/c1-12(21)20-14-5-7-15(8-6-14)27(23,24)19-11-13-4-9-17(25-2)16(10-13)18(22)26-3/h4-10,19H,11H2,1-3H3,(H,20,21). The molecule has 0 aromatic heterocycles. The van der Waals surface area contributed by atoms with Gasteiger partial charge in [0.1, 0.15) is 11.3 Å². The molecular formula is C18H20N2O6S. The Morgan fingerprint density at radius 3 is 2.26 bits per heavy atom. The van der Waals surface area contributed by atoms with E-state index in [1.807, 2.05) is 0 Å². The van der Waals surface area contributed by atoms with Crippen molar-refractivity contribution in [3.8, 4) is 5.75 Å². The van der Waals surface area contributed by atoms with Gasteiger partial charge >= 0.3 is 5.97 Å².